The second-order valence-corrected chi connectivity index (χ2v) is 5.21. The molecule has 0 saturated heterocycles. The van der Waals surface area contributed by atoms with Crippen LogP contribution in [0.4, 0.5) is 0 Å². The number of unbranched alkanes of at least 4 members (excludes halogenated alkanes) is 1. The van der Waals surface area contributed by atoms with Crippen LogP contribution in [0.1, 0.15) is 45.3 Å². The quantitative estimate of drug-likeness (QED) is 0.718. The summed E-state index contributed by atoms with van der Waals surface area (Å²) < 4.78 is 0. The van der Waals surface area contributed by atoms with Crippen molar-refractivity contribution in [1.82, 2.24) is 15.2 Å². The van der Waals surface area contributed by atoms with Crippen molar-refractivity contribution in [3.8, 4) is 0 Å². The molecule has 0 saturated carbocycles. The van der Waals surface area contributed by atoms with E-state index in [1.807, 2.05) is 18.3 Å². The van der Waals surface area contributed by atoms with E-state index in [1.54, 1.807) is 0 Å². The van der Waals surface area contributed by atoms with Gasteiger partial charge in [0.15, 0.2) is 0 Å². The van der Waals surface area contributed by atoms with Crippen LogP contribution in [0, 0.1) is 0 Å². The molecule has 1 unspecified atom stereocenters. The smallest absolute Gasteiger partial charge is 0.0570 e. The molecule has 102 valence electrons. The van der Waals surface area contributed by atoms with Crippen molar-refractivity contribution in [3.63, 3.8) is 0 Å². The SMILES string of the molecule is CC(NCCCCN(C)C(C)C)c1ccccn1. The van der Waals surface area contributed by atoms with Gasteiger partial charge in [-0.3, -0.25) is 4.98 Å². The Morgan fingerprint density at radius 1 is 1.22 bits per heavy atom. The molecule has 0 aliphatic carbocycles. The van der Waals surface area contributed by atoms with Crippen LogP contribution < -0.4 is 5.32 Å². The number of rotatable bonds is 8. The molecule has 0 amide bonds. The van der Waals surface area contributed by atoms with Crippen LogP contribution in [0.2, 0.25) is 0 Å². The van der Waals surface area contributed by atoms with E-state index < -0.39 is 0 Å². The average Bonchev–Trinajstić information content (AvgIpc) is 2.38. The van der Waals surface area contributed by atoms with E-state index in [2.05, 4.69) is 49.1 Å². The zero-order valence-electron chi connectivity index (χ0n) is 12.2. The summed E-state index contributed by atoms with van der Waals surface area (Å²) >= 11 is 0. The van der Waals surface area contributed by atoms with Gasteiger partial charge in [0.25, 0.3) is 0 Å². The fourth-order valence-corrected chi connectivity index (χ4v) is 1.80. The van der Waals surface area contributed by atoms with Crippen LogP contribution in [0.25, 0.3) is 0 Å². The lowest BCUT2D eigenvalue weighted by Gasteiger charge is -2.21. The maximum atomic E-state index is 4.36. The largest absolute Gasteiger partial charge is 0.309 e. The third-order valence-electron chi connectivity index (χ3n) is 3.40. The number of hydrogen-bond donors (Lipinski definition) is 1. The molecule has 1 heterocycles. The van der Waals surface area contributed by atoms with Gasteiger partial charge in [-0.05, 0) is 65.9 Å². The summed E-state index contributed by atoms with van der Waals surface area (Å²) in [5.74, 6) is 0. The number of pyridine rings is 1. The summed E-state index contributed by atoms with van der Waals surface area (Å²) in [6, 6.07) is 7.06. The van der Waals surface area contributed by atoms with E-state index in [0.717, 1.165) is 12.2 Å². The van der Waals surface area contributed by atoms with Crippen molar-refractivity contribution in [2.24, 2.45) is 0 Å². The van der Waals surface area contributed by atoms with Gasteiger partial charge in [0.2, 0.25) is 0 Å². The molecule has 1 N–H and O–H groups in total. The normalized spacial score (nSPS) is 13.2. The minimum Gasteiger partial charge on any atom is -0.309 e. The monoisotopic (exact) mass is 249 g/mol. The summed E-state index contributed by atoms with van der Waals surface area (Å²) in [6.45, 7) is 8.88. The van der Waals surface area contributed by atoms with Crippen LogP contribution in [0.5, 0.6) is 0 Å². The van der Waals surface area contributed by atoms with Gasteiger partial charge >= 0.3 is 0 Å². The molecule has 3 heteroatoms. The predicted octanol–water partition coefficient (Wildman–Crippen LogP) is 2.85. The summed E-state index contributed by atoms with van der Waals surface area (Å²) in [5, 5.41) is 3.52. The number of nitrogens with one attached hydrogen (secondary N) is 1. The molecule has 1 rings (SSSR count). The second kappa shape index (κ2) is 8.22. The van der Waals surface area contributed by atoms with Gasteiger partial charge in [0.1, 0.15) is 0 Å². The van der Waals surface area contributed by atoms with Gasteiger partial charge in [0.05, 0.1) is 5.69 Å². The Morgan fingerprint density at radius 3 is 2.61 bits per heavy atom. The minimum atomic E-state index is 0.342. The van der Waals surface area contributed by atoms with Crippen molar-refractivity contribution < 1.29 is 0 Å². The van der Waals surface area contributed by atoms with E-state index in [-0.39, 0.29) is 0 Å². The van der Waals surface area contributed by atoms with Crippen molar-refractivity contribution in [2.75, 3.05) is 20.1 Å². The average molecular weight is 249 g/mol. The number of nitrogens with zero attached hydrogens (tertiary/aromatic N) is 2. The molecule has 1 atom stereocenters. The van der Waals surface area contributed by atoms with Crippen molar-refractivity contribution >= 4 is 0 Å². The Hall–Kier alpha value is -0.930. The molecule has 0 aromatic carbocycles. The maximum absolute atomic E-state index is 4.36. The summed E-state index contributed by atoms with van der Waals surface area (Å²) in [5.41, 5.74) is 1.12. The summed E-state index contributed by atoms with van der Waals surface area (Å²) in [6.07, 6.45) is 4.32. The summed E-state index contributed by atoms with van der Waals surface area (Å²) in [4.78, 5) is 6.75. The second-order valence-electron chi connectivity index (χ2n) is 5.21. The third kappa shape index (κ3) is 5.61. The lowest BCUT2D eigenvalue weighted by molar-refractivity contribution is 0.267. The highest BCUT2D eigenvalue weighted by atomic mass is 15.1. The van der Waals surface area contributed by atoms with E-state index >= 15 is 0 Å². The highest BCUT2D eigenvalue weighted by molar-refractivity contribution is 5.07. The fraction of sp³-hybridized carbons (Fsp3) is 0.667. The van der Waals surface area contributed by atoms with Gasteiger partial charge in [-0.2, -0.15) is 0 Å². The Kier molecular flexibility index (Phi) is 6.91. The minimum absolute atomic E-state index is 0.342. The van der Waals surface area contributed by atoms with E-state index in [9.17, 15) is 0 Å². The molecule has 0 aliphatic rings. The maximum Gasteiger partial charge on any atom is 0.0570 e. The Bertz CT molecular complexity index is 311. The van der Waals surface area contributed by atoms with Crippen LogP contribution in [-0.2, 0) is 0 Å². The van der Waals surface area contributed by atoms with Crippen LogP contribution in [0.3, 0.4) is 0 Å². The first kappa shape index (κ1) is 15.1. The van der Waals surface area contributed by atoms with Gasteiger partial charge in [-0.25, -0.2) is 0 Å². The molecule has 1 aromatic rings. The predicted molar refractivity (Wildman–Crippen MR) is 77.7 cm³/mol. The first-order valence-corrected chi connectivity index (χ1v) is 6.96. The number of aromatic nitrogens is 1. The molecule has 18 heavy (non-hydrogen) atoms. The molecule has 3 nitrogen and oxygen atoms in total. The fourth-order valence-electron chi connectivity index (χ4n) is 1.80. The molecule has 1 aromatic heterocycles. The molecular formula is C15H27N3. The third-order valence-corrected chi connectivity index (χ3v) is 3.40. The Balaban J connectivity index is 2.11. The molecule has 0 radical (unpaired) electrons. The van der Waals surface area contributed by atoms with Gasteiger partial charge < -0.3 is 10.2 Å². The lowest BCUT2D eigenvalue weighted by Crippen LogP contribution is -2.28. The molecule has 0 spiro atoms. The molecule has 0 bridgehead atoms. The topological polar surface area (TPSA) is 28.2 Å². The molecule has 0 aliphatic heterocycles. The van der Waals surface area contributed by atoms with Crippen LogP contribution in [0.15, 0.2) is 24.4 Å². The molecule has 0 fully saturated rings. The standard InChI is InChI=1S/C15H27N3/c1-13(2)18(4)12-8-7-10-16-14(3)15-9-5-6-11-17-15/h5-6,9,11,13-14,16H,7-8,10,12H2,1-4H3. The van der Waals surface area contributed by atoms with Crippen molar-refractivity contribution in [3.05, 3.63) is 30.1 Å². The Labute approximate surface area is 112 Å². The zero-order valence-corrected chi connectivity index (χ0v) is 12.2. The van der Waals surface area contributed by atoms with E-state index in [0.29, 0.717) is 12.1 Å². The van der Waals surface area contributed by atoms with Gasteiger partial charge in [-0.15, -0.1) is 0 Å². The van der Waals surface area contributed by atoms with E-state index in [1.165, 1.54) is 19.4 Å². The van der Waals surface area contributed by atoms with Crippen LogP contribution >= 0.6 is 0 Å². The first-order valence-electron chi connectivity index (χ1n) is 6.96. The highest BCUT2D eigenvalue weighted by Crippen LogP contribution is 2.07. The van der Waals surface area contributed by atoms with Crippen molar-refractivity contribution in [1.29, 1.82) is 0 Å². The van der Waals surface area contributed by atoms with Crippen molar-refractivity contribution in [2.45, 2.75) is 45.7 Å². The first-order chi connectivity index (χ1) is 8.61. The van der Waals surface area contributed by atoms with Gasteiger partial charge in [0, 0.05) is 18.3 Å². The number of hydrogen-bond acceptors (Lipinski definition) is 3. The summed E-state index contributed by atoms with van der Waals surface area (Å²) in [7, 11) is 2.19. The van der Waals surface area contributed by atoms with Gasteiger partial charge in [-0.1, -0.05) is 6.07 Å². The van der Waals surface area contributed by atoms with E-state index in [4.69, 9.17) is 0 Å². The van der Waals surface area contributed by atoms with Crippen LogP contribution in [-0.4, -0.2) is 36.1 Å². The highest BCUT2D eigenvalue weighted by Gasteiger charge is 2.05. The Morgan fingerprint density at radius 2 is 2.00 bits per heavy atom. The lowest BCUT2D eigenvalue weighted by atomic mass is 10.2. The molecular weight excluding hydrogens is 222 g/mol. The zero-order chi connectivity index (χ0) is 13.4.